The van der Waals surface area contributed by atoms with Gasteiger partial charge in [0, 0.05) is 57.5 Å². The molecule has 0 bridgehead atoms. The topological polar surface area (TPSA) is 101 Å². The van der Waals surface area contributed by atoms with Gasteiger partial charge in [-0.15, -0.1) is 0 Å². The van der Waals surface area contributed by atoms with Crippen LogP contribution in [-0.4, -0.2) is 66.6 Å². The first-order valence-corrected chi connectivity index (χ1v) is 12.0. The second-order valence-electron chi connectivity index (χ2n) is 7.84. The van der Waals surface area contributed by atoms with Crippen LogP contribution in [0.2, 0.25) is 0 Å². The molecule has 178 valence electrons. The molecule has 0 atom stereocenters. The first-order chi connectivity index (χ1) is 16.5. The Kier molecular flexibility index (Phi) is 7.71. The Morgan fingerprint density at radius 3 is 2.79 bits per heavy atom. The number of ether oxygens (including phenoxy) is 1. The molecule has 1 saturated heterocycles. The van der Waals surface area contributed by atoms with Crippen LogP contribution >= 0.6 is 11.3 Å². The van der Waals surface area contributed by atoms with Gasteiger partial charge in [0.05, 0.1) is 16.2 Å². The van der Waals surface area contributed by atoms with Gasteiger partial charge in [-0.3, -0.25) is 19.8 Å². The molecule has 1 aromatic heterocycles. The lowest BCUT2D eigenvalue weighted by molar-refractivity contribution is -0.384. The maximum absolute atomic E-state index is 12.1. The molecule has 0 radical (unpaired) electrons. The van der Waals surface area contributed by atoms with Crippen LogP contribution in [0.3, 0.4) is 0 Å². The van der Waals surface area contributed by atoms with E-state index in [1.807, 2.05) is 19.1 Å². The number of nitrogens with one attached hydrogen (secondary N) is 1. The van der Waals surface area contributed by atoms with Crippen LogP contribution in [0.1, 0.15) is 12.5 Å². The molecule has 34 heavy (non-hydrogen) atoms. The maximum Gasteiger partial charge on any atom is 0.270 e. The molecule has 3 aromatic rings. The number of nitrogens with zero attached hydrogens (tertiary/aromatic N) is 4. The van der Waals surface area contributed by atoms with E-state index in [0.717, 1.165) is 53.8 Å². The van der Waals surface area contributed by atoms with Crippen molar-refractivity contribution in [1.29, 1.82) is 0 Å². The number of carbonyl (C=O) groups excluding carboxylic acids is 1. The SMILES string of the molecule is CCOc1cccc2sc(N3CCN(CCNC(=O)/C=C/c4cccc([N+](=O)[O-])c4)CC3)nc12. The predicted molar refractivity (Wildman–Crippen MR) is 135 cm³/mol. The van der Waals surface area contributed by atoms with E-state index in [-0.39, 0.29) is 11.6 Å². The summed E-state index contributed by atoms with van der Waals surface area (Å²) in [5.41, 5.74) is 1.54. The van der Waals surface area contributed by atoms with Gasteiger partial charge in [-0.25, -0.2) is 4.98 Å². The number of amides is 1. The van der Waals surface area contributed by atoms with Gasteiger partial charge in [0.2, 0.25) is 5.91 Å². The van der Waals surface area contributed by atoms with E-state index in [1.54, 1.807) is 29.5 Å². The Labute approximate surface area is 201 Å². The summed E-state index contributed by atoms with van der Waals surface area (Å²) in [6.07, 6.45) is 2.98. The van der Waals surface area contributed by atoms with Crippen LogP contribution < -0.4 is 15.0 Å². The highest BCUT2D eigenvalue weighted by molar-refractivity contribution is 7.22. The number of para-hydroxylation sites is 1. The summed E-state index contributed by atoms with van der Waals surface area (Å²) < 4.78 is 6.84. The number of hydrogen-bond acceptors (Lipinski definition) is 8. The molecule has 1 aliphatic rings. The number of rotatable bonds is 9. The largest absolute Gasteiger partial charge is 0.492 e. The van der Waals surface area contributed by atoms with Gasteiger partial charge in [-0.05, 0) is 30.7 Å². The molecule has 1 aliphatic heterocycles. The van der Waals surface area contributed by atoms with Crippen LogP contribution in [0.5, 0.6) is 5.75 Å². The fourth-order valence-electron chi connectivity index (χ4n) is 3.79. The molecule has 0 aliphatic carbocycles. The first kappa shape index (κ1) is 23.7. The molecular weight excluding hydrogens is 454 g/mol. The second-order valence-corrected chi connectivity index (χ2v) is 8.85. The Hall–Kier alpha value is -3.50. The summed E-state index contributed by atoms with van der Waals surface area (Å²) in [6, 6.07) is 12.2. The minimum atomic E-state index is -0.452. The van der Waals surface area contributed by atoms with Crippen LogP contribution in [-0.2, 0) is 4.79 Å². The van der Waals surface area contributed by atoms with Crippen molar-refractivity contribution in [3.8, 4) is 5.75 Å². The highest BCUT2D eigenvalue weighted by Crippen LogP contribution is 2.34. The number of carbonyl (C=O) groups is 1. The van der Waals surface area contributed by atoms with Crippen molar-refractivity contribution in [2.24, 2.45) is 0 Å². The standard InChI is InChI=1S/C24H27N5O4S/c1-2-33-20-7-4-8-21-23(20)26-24(34-21)28-15-13-27(14-16-28)12-11-25-22(30)10-9-18-5-3-6-19(17-18)29(31)32/h3-10,17H,2,11-16H2,1H3,(H,25,30)/b10-9+. The lowest BCUT2D eigenvalue weighted by Crippen LogP contribution is -2.48. The van der Waals surface area contributed by atoms with Gasteiger partial charge in [0.1, 0.15) is 11.3 Å². The molecule has 1 amide bonds. The van der Waals surface area contributed by atoms with E-state index in [0.29, 0.717) is 18.7 Å². The van der Waals surface area contributed by atoms with Gasteiger partial charge in [-0.2, -0.15) is 0 Å². The molecule has 2 heterocycles. The minimum absolute atomic E-state index is 0.00211. The fraction of sp³-hybridized carbons (Fsp3) is 0.333. The van der Waals surface area contributed by atoms with Gasteiger partial charge in [-0.1, -0.05) is 29.5 Å². The number of benzene rings is 2. The molecular formula is C24H27N5O4S. The van der Waals surface area contributed by atoms with Crippen molar-refractivity contribution >= 4 is 44.4 Å². The summed E-state index contributed by atoms with van der Waals surface area (Å²) in [5.74, 6) is 0.612. The third-order valence-electron chi connectivity index (χ3n) is 5.55. The highest BCUT2D eigenvalue weighted by Gasteiger charge is 2.20. The number of nitro groups is 1. The number of non-ortho nitro benzene ring substituents is 1. The van der Waals surface area contributed by atoms with Crippen molar-refractivity contribution in [1.82, 2.24) is 15.2 Å². The van der Waals surface area contributed by atoms with Crippen molar-refractivity contribution in [3.63, 3.8) is 0 Å². The van der Waals surface area contributed by atoms with E-state index in [2.05, 4.69) is 21.2 Å². The van der Waals surface area contributed by atoms with Gasteiger partial charge < -0.3 is 15.0 Å². The summed E-state index contributed by atoms with van der Waals surface area (Å²) >= 11 is 1.69. The summed E-state index contributed by atoms with van der Waals surface area (Å²) in [4.78, 5) is 31.9. The molecule has 10 heteroatoms. The zero-order valence-electron chi connectivity index (χ0n) is 19.0. The zero-order valence-corrected chi connectivity index (χ0v) is 19.8. The van der Waals surface area contributed by atoms with E-state index in [4.69, 9.17) is 9.72 Å². The molecule has 0 unspecified atom stereocenters. The normalized spacial score (nSPS) is 14.6. The predicted octanol–water partition coefficient (Wildman–Crippen LogP) is 3.55. The molecule has 9 nitrogen and oxygen atoms in total. The number of nitro benzene ring substituents is 1. The number of fused-ring (bicyclic) bond motifs is 1. The summed E-state index contributed by atoms with van der Waals surface area (Å²) in [7, 11) is 0. The number of aromatic nitrogens is 1. The van der Waals surface area contributed by atoms with E-state index in [1.165, 1.54) is 18.2 Å². The van der Waals surface area contributed by atoms with Gasteiger partial charge in [0.25, 0.3) is 5.69 Å². The lowest BCUT2D eigenvalue weighted by atomic mass is 10.2. The molecule has 4 rings (SSSR count). The third kappa shape index (κ3) is 5.89. The molecule has 1 N–H and O–H groups in total. The summed E-state index contributed by atoms with van der Waals surface area (Å²) in [5, 5.41) is 14.7. The molecule has 0 spiro atoms. The third-order valence-corrected chi connectivity index (χ3v) is 6.63. The molecule has 1 fully saturated rings. The number of anilines is 1. The Bertz CT molecular complexity index is 1190. The van der Waals surface area contributed by atoms with E-state index < -0.39 is 4.92 Å². The quantitative estimate of drug-likeness (QED) is 0.283. The summed E-state index contributed by atoms with van der Waals surface area (Å²) in [6.45, 7) is 7.44. The molecule has 2 aromatic carbocycles. The van der Waals surface area contributed by atoms with Crippen LogP contribution in [0.15, 0.2) is 48.5 Å². The Morgan fingerprint density at radius 1 is 1.24 bits per heavy atom. The van der Waals surface area contributed by atoms with E-state index in [9.17, 15) is 14.9 Å². The van der Waals surface area contributed by atoms with Gasteiger partial charge >= 0.3 is 0 Å². The highest BCUT2D eigenvalue weighted by atomic mass is 32.1. The average Bonchev–Trinajstić information content (AvgIpc) is 3.29. The van der Waals surface area contributed by atoms with Crippen LogP contribution in [0.25, 0.3) is 16.3 Å². The minimum Gasteiger partial charge on any atom is -0.492 e. The first-order valence-electron chi connectivity index (χ1n) is 11.2. The van der Waals surface area contributed by atoms with Gasteiger partial charge in [0.15, 0.2) is 5.13 Å². The number of thiazole rings is 1. The molecule has 0 saturated carbocycles. The van der Waals surface area contributed by atoms with Crippen molar-refractivity contribution < 1.29 is 14.5 Å². The Balaban J connectivity index is 1.22. The van der Waals surface area contributed by atoms with E-state index >= 15 is 0 Å². The number of piperazine rings is 1. The van der Waals surface area contributed by atoms with Crippen molar-refractivity contribution in [3.05, 3.63) is 64.2 Å². The fourth-order valence-corrected chi connectivity index (χ4v) is 4.83. The van der Waals surface area contributed by atoms with Crippen molar-refractivity contribution in [2.45, 2.75) is 6.92 Å². The lowest BCUT2D eigenvalue weighted by Gasteiger charge is -2.34. The zero-order chi connectivity index (χ0) is 23.9. The average molecular weight is 482 g/mol. The monoisotopic (exact) mass is 481 g/mol. The maximum atomic E-state index is 12.1. The smallest absolute Gasteiger partial charge is 0.270 e. The van der Waals surface area contributed by atoms with Crippen LogP contribution in [0, 0.1) is 10.1 Å². The number of hydrogen-bond donors (Lipinski definition) is 1. The van der Waals surface area contributed by atoms with Crippen molar-refractivity contribution in [2.75, 3.05) is 50.8 Å². The Morgan fingerprint density at radius 2 is 2.03 bits per heavy atom. The second kappa shape index (κ2) is 11.1. The van der Waals surface area contributed by atoms with Crippen LogP contribution in [0.4, 0.5) is 10.8 Å².